The Hall–Kier alpha value is -0.990. The van der Waals surface area contributed by atoms with Crippen LogP contribution < -0.4 is 0 Å². The molecule has 1 aromatic heterocycles. The maximum atomic E-state index is 5.98. The van der Waals surface area contributed by atoms with Crippen LogP contribution in [0.4, 0.5) is 0 Å². The Morgan fingerprint density at radius 1 is 1.33 bits per heavy atom. The van der Waals surface area contributed by atoms with Crippen molar-refractivity contribution >= 4 is 22.5 Å². The Balaban J connectivity index is 2.57. The lowest BCUT2D eigenvalue weighted by Crippen LogP contribution is -2.10. The predicted octanol–water partition coefficient (Wildman–Crippen LogP) is 2.89. The second kappa shape index (κ2) is 3.87. The minimum Gasteiger partial charge on any atom is -0.350 e. The summed E-state index contributed by atoms with van der Waals surface area (Å²) >= 11 is 5.98. The van der Waals surface area contributed by atoms with Gasteiger partial charge in [-0.25, -0.2) is 0 Å². The van der Waals surface area contributed by atoms with Crippen molar-refractivity contribution in [3.05, 3.63) is 35.0 Å². The minimum absolute atomic E-state index is 0.792. The monoisotopic (exact) mass is 222 g/mol. The maximum Gasteiger partial charge on any atom is 0.0495 e. The molecular weight excluding hydrogens is 208 g/mol. The van der Waals surface area contributed by atoms with E-state index < -0.39 is 0 Å². The lowest BCUT2D eigenvalue weighted by molar-refractivity contribution is 0.404. The fourth-order valence-electron chi connectivity index (χ4n) is 1.91. The summed E-state index contributed by atoms with van der Waals surface area (Å²) < 4.78 is 2.13. The lowest BCUT2D eigenvalue weighted by Gasteiger charge is -2.07. The Kier molecular flexibility index (Phi) is 2.72. The van der Waals surface area contributed by atoms with Crippen LogP contribution >= 0.6 is 11.6 Å². The molecule has 0 aliphatic carbocycles. The van der Waals surface area contributed by atoms with Gasteiger partial charge in [-0.1, -0.05) is 17.7 Å². The highest BCUT2D eigenvalue weighted by Gasteiger charge is 2.07. The summed E-state index contributed by atoms with van der Waals surface area (Å²) in [6.07, 6.45) is 2.17. The van der Waals surface area contributed by atoms with Gasteiger partial charge < -0.3 is 9.47 Å². The third-order valence-electron chi connectivity index (χ3n) is 2.52. The molecule has 2 nitrogen and oxygen atoms in total. The van der Waals surface area contributed by atoms with Crippen LogP contribution in [0.1, 0.15) is 5.56 Å². The molecule has 0 spiro atoms. The van der Waals surface area contributed by atoms with Gasteiger partial charge in [0.25, 0.3) is 0 Å². The summed E-state index contributed by atoms with van der Waals surface area (Å²) in [6, 6.07) is 6.05. The summed E-state index contributed by atoms with van der Waals surface area (Å²) in [5.74, 6) is 0. The Labute approximate surface area is 95.1 Å². The normalized spacial score (nSPS) is 11.5. The molecule has 0 saturated carbocycles. The van der Waals surface area contributed by atoms with Crippen molar-refractivity contribution in [2.75, 3.05) is 14.1 Å². The first-order chi connectivity index (χ1) is 7.08. The van der Waals surface area contributed by atoms with Gasteiger partial charge in [0.05, 0.1) is 0 Å². The average molecular weight is 223 g/mol. The molecule has 80 valence electrons. The number of aromatic nitrogens is 1. The fourth-order valence-corrected chi connectivity index (χ4v) is 2.07. The third kappa shape index (κ3) is 2.01. The standard InChI is InChI=1S/C12H15ClN2/c1-14(2)7-9-8-15(3)12-6-10(13)4-5-11(9)12/h4-6,8H,7H2,1-3H3. The highest BCUT2D eigenvalue weighted by Crippen LogP contribution is 2.24. The number of benzene rings is 1. The number of aryl methyl sites for hydroxylation is 1. The molecule has 0 unspecified atom stereocenters. The summed E-state index contributed by atoms with van der Waals surface area (Å²) in [7, 11) is 6.21. The van der Waals surface area contributed by atoms with Crippen LogP contribution in [-0.4, -0.2) is 23.6 Å². The van der Waals surface area contributed by atoms with Gasteiger partial charge in [-0.15, -0.1) is 0 Å². The zero-order valence-electron chi connectivity index (χ0n) is 9.29. The number of rotatable bonds is 2. The molecule has 0 fully saturated rings. The smallest absolute Gasteiger partial charge is 0.0495 e. The maximum absolute atomic E-state index is 5.98. The van der Waals surface area contributed by atoms with E-state index in [4.69, 9.17) is 11.6 Å². The van der Waals surface area contributed by atoms with Crippen molar-refractivity contribution in [3.63, 3.8) is 0 Å². The molecule has 0 amide bonds. The largest absolute Gasteiger partial charge is 0.350 e. The fraction of sp³-hybridized carbons (Fsp3) is 0.333. The van der Waals surface area contributed by atoms with Crippen LogP contribution in [0.25, 0.3) is 10.9 Å². The second-order valence-electron chi connectivity index (χ2n) is 4.16. The first-order valence-corrected chi connectivity index (χ1v) is 5.34. The average Bonchev–Trinajstić information content (AvgIpc) is 2.42. The Morgan fingerprint density at radius 2 is 2.07 bits per heavy atom. The van der Waals surface area contributed by atoms with Gasteiger partial charge >= 0.3 is 0 Å². The van der Waals surface area contributed by atoms with Gasteiger partial charge in [-0.05, 0) is 31.8 Å². The second-order valence-corrected chi connectivity index (χ2v) is 4.60. The van der Waals surface area contributed by atoms with Crippen LogP contribution in [-0.2, 0) is 13.6 Å². The molecule has 1 heterocycles. The van der Waals surface area contributed by atoms with E-state index in [-0.39, 0.29) is 0 Å². The Bertz CT molecular complexity index is 486. The Morgan fingerprint density at radius 3 is 2.73 bits per heavy atom. The van der Waals surface area contributed by atoms with Crippen molar-refractivity contribution in [1.82, 2.24) is 9.47 Å². The molecule has 1 aromatic carbocycles. The van der Waals surface area contributed by atoms with E-state index >= 15 is 0 Å². The summed E-state index contributed by atoms with van der Waals surface area (Å²) in [4.78, 5) is 2.17. The molecule has 15 heavy (non-hydrogen) atoms. The van der Waals surface area contributed by atoms with E-state index in [0.717, 1.165) is 11.6 Å². The van der Waals surface area contributed by atoms with E-state index in [1.165, 1.54) is 16.5 Å². The third-order valence-corrected chi connectivity index (χ3v) is 2.76. The zero-order chi connectivity index (χ0) is 11.0. The number of nitrogens with zero attached hydrogens (tertiary/aromatic N) is 2. The number of hydrogen-bond donors (Lipinski definition) is 0. The van der Waals surface area contributed by atoms with E-state index in [0.29, 0.717) is 0 Å². The molecule has 0 aliphatic heterocycles. The molecule has 2 rings (SSSR count). The van der Waals surface area contributed by atoms with E-state index in [1.54, 1.807) is 0 Å². The molecule has 0 saturated heterocycles. The van der Waals surface area contributed by atoms with Gasteiger partial charge in [0, 0.05) is 35.7 Å². The van der Waals surface area contributed by atoms with Gasteiger partial charge in [-0.3, -0.25) is 0 Å². The van der Waals surface area contributed by atoms with Crippen LogP contribution in [0.3, 0.4) is 0 Å². The topological polar surface area (TPSA) is 8.17 Å². The number of fused-ring (bicyclic) bond motifs is 1. The van der Waals surface area contributed by atoms with Crippen LogP contribution in [0.2, 0.25) is 5.02 Å². The van der Waals surface area contributed by atoms with Crippen molar-refractivity contribution in [3.8, 4) is 0 Å². The van der Waals surface area contributed by atoms with Gasteiger partial charge in [0.15, 0.2) is 0 Å². The van der Waals surface area contributed by atoms with Crippen LogP contribution in [0, 0.1) is 0 Å². The first kappa shape index (κ1) is 10.5. The molecule has 0 atom stereocenters. The minimum atomic E-state index is 0.792. The molecule has 3 heteroatoms. The van der Waals surface area contributed by atoms with Gasteiger partial charge in [-0.2, -0.15) is 0 Å². The highest BCUT2D eigenvalue weighted by molar-refractivity contribution is 6.31. The van der Waals surface area contributed by atoms with E-state index in [9.17, 15) is 0 Å². The van der Waals surface area contributed by atoms with Crippen molar-refractivity contribution < 1.29 is 0 Å². The highest BCUT2D eigenvalue weighted by atomic mass is 35.5. The molecule has 2 aromatic rings. The number of halogens is 1. The van der Waals surface area contributed by atoms with Crippen molar-refractivity contribution in [1.29, 1.82) is 0 Å². The summed E-state index contributed by atoms with van der Waals surface area (Å²) in [5, 5.41) is 2.08. The van der Waals surface area contributed by atoms with E-state index in [1.807, 2.05) is 12.1 Å². The van der Waals surface area contributed by atoms with Crippen molar-refractivity contribution in [2.24, 2.45) is 7.05 Å². The molecule has 0 bridgehead atoms. The summed E-state index contributed by atoms with van der Waals surface area (Å²) in [6.45, 7) is 0.957. The quantitative estimate of drug-likeness (QED) is 0.759. The van der Waals surface area contributed by atoms with Gasteiger partial charge in [0.2, 0.25) is 0 Å². The number of hydrogen-bond acceptors (Lipinski definition) is 1. The van der Waals surface area contributed by atoms with Gasteiger partial charge in [0.1, 0.15) is 0 Å². The molecule has 0 N–H and O–H groups in total. The molecular formula is C12H15ClN2. The summed E-state index contributed by atoms with van der Waals surface area (Å²) in [5.41, 5.74) is 2.54. The molecule has 0 radical (unpaired) electrons. The predicted molar refractivity (Wildman–Crippen MR) is 65.3 cm³/mol. The van der Waals surface area contributed by atoms with Crippen molar-refractivity contribution in [2.45, 2.75) is 6.54 Å². The molecule has 0 aliphatic rings. The van der Waals surface area contributed by atoms with Crippen LogP contribution in [0.15, 0.2) is 24.4 Å². The first-order valence-electron chi connectivity index (χ1n) is 4.96. The van der Waals surface area contributed by atoms with E-state index in [2.05, 4.69) is 42.9 Å². The zero-order valence-corrected chi connectivity index (χ0v) is 10.0. The SMILES string of the molecule is CN(C)Cc1cn(C)c2cc(Cl)ccc12. The lowest BCUT2D eigenvalue weighted by atomic mass is 10.2. The van der Waals surface area contributed by atoms with Crippen LogP contribution in [0.5, 0.6) is 0 Å².